The summed E-state index contributed by atoms with van der Waals surface area (Å²) in [5.74, 6) is -1.44. The molecule has 1 N–H and O–H groups in total. The number of benzene rings is 1. The van der Waals surface area contributed by atoms with Gasteiger partial charge in [0.1, 0.15) is 4.49 Å². The van der Waals surface area contributed by atoms with E-state index in [9.17, 15) is 18.0 Å². The first kappa shape index (κ1) is 15.2. The number of halogens is 5. The van der Waals surface area contributed by atoms with Crippen molar-refractivity contribution >= 4 is 34.7 Å². The molecule has 1 aliphatic carbocycles. The molecule has 0 radical (unpaired) electrons. The molecule has 1 saturated carbocycles. The zero-order chi connectivity index (χ0) is 15.1. The number of allylic oxidation sites excluding steroid dienone is 1. The molecular weight excluding hydrogens is 316 g/mol. The maximum absolute atomic E-state index is 12.8. The lowest BCUT2D eigenvalue weighted by Gasteiger charge is -2.13. The van der Waals surface area contributed by atoms with Gasteiger partial charge in [-0.1, -0.05) is 23.2 Å². The fourth-order valence-electron chi connectivity index (χ4n) is 1.94. The van der Waals surface area contributed by atoms with E-state index in [-0.39, 0.29) is 16.0 Å². The number of carbonyl (C=O) groups is 1. The first-order valence-electron chi connectivity index (χ1n) is 5.71. The van der Waals surface area contributed by atoms with Gasteiger partial charge >= 0.3 is 12.1 Å². The van der Waals surface area contributed by atoms with E-state index in [1.54, 1.807) is 0 Å². The Morgan fingerprint density at radius 3 is 2.10 bits per heavy atom. The highest BCUT2D eigenvalue weighted by atomic mass is 35.5. The number of carboxylic acids is 1. The molecule has 0 heterocycles. The van der Waals surface area contributed by atoms with Crippen LogP contribution in [0.5, 0.6) is 0 Å². The van der Waals surface area contributed by atoms with Crippen LogP contribution in [0.2, 0.25) is 0 Å². The fraction of sp³-hybridized carbons (Fsp3) is 0.308. The number of alkyl halides is 3. The summed E-state index contributed by atoms with van der Waals surface area (Å²) in [6.45, 7) is 0. The predicted octanol–water partition coefficient (Wildman–Crippen LogP) is 4.96. The minimum absolute atomic E-state index is 0.00914. The van der Waals surface area contributed by atoms with Gasteiger partial charge in [0.25, 0.3) is 0 Å². The van der Waals surface area contributed by atoms with E-state index >= 15 is 0 Å². The van der Waals surface area contributed by atoms with Crippen molar-refractivity contribution in [3.05, 3.63) is 39.4 Å². The highest BCUT2D eigenvalue weighted by Gasteiger charge is 2.34. The van der Waals surface area contributed by atoms with Crippen molar-refractivity contribution in [2.24, 2.45) is 5.92 Å². The van der Waals surface area contributed by atoms with Gasteiger partial charge in [0.05, 0.1) is 11.1 Å². The van der Waals surface area contributed by atoms with Crippen LogP contribution in [0.25, 0.3) is 5.57 Å². The number of hydrogen-bond donors (Lipinski definition) is 1. The summed E-state index contributed by atoms with van der Waals surface area (Å²) < 4.78 is 38.3. The van der Waals surface area contributed by atoms with Crippen molar-refractivity contribution in [3.63, 3.8) is 0 Å². The molecule has 20 heavy (non-hydrogen) atoms. The molecule has 0 aliphatic heterocycles. The minimum atomic E-state index is -4.63. The standard InChI is InChI=1S/C13H9Cl2F3O2/c14-11(15)10(6-1-2-6)7-3-8(12(19)20)5-9(4-7)13(16,17)18/h3-6H,1-2H2,(H,19,20). The van der Waals surface area contributed by atoms with Crippen molar-refractivity contribution in [1.29, 1.82) is 0 Å². The van der Waals surface area contributed by atoms with Gasteiger partial charge in [0.2, 0.25) is 0 Å². The zero-order valence-corrected chi connectivity index (χ0v) is 11.5. The van der Waals surface area contributed by atoms with Crippen LogP contribution in [0.1, 0.15) is 34.3 Å². The summed E-state index contributed by atoms with van der Waals surface area (Å²) in [5, 5.41) is 8.92. The molecule has 2 nitrogen and oxygen atoms in total. The van der Waals surface area contributed by atoms with Crippen LogP contribution in [0, 0.1) is 5.92 Å². The third kappa shape index (κ3) is 3.27. The summed E-state index contributed by atoms with van der Waals surface area (Å²) >= 11 is 11.5. The number of hydrogen-bond acceptors (Lipinski definition) is 1. The van der Waals surface area contributed by atoms with Crippen molar-refractivity contribution in [1.82, 2.24) is 0 Å². The van der Waals surface area contributed by atoms with E-state index < -0.39 is 23.3 Å². The van der Waals surface area contributed by atoms with E-state index in [1.165, 1.54) is 0 Å². The maximum Gasteiger partial charge on any atom is 0.416 e. The highest BCUT2D eigenvalue weighted by molar-refractivity contribution is 6.58. The summed E-state index contributed by atoms with van der Waals surface area (Å²) in [6.07, 6.45) is -3.08. The molecule has 1 aromatic carbocycles. The number of aromatic carboxylic acids is 1. The van der Waals surface area contributed by atoms with Crippen LogP contribution in [0.15, 0.2) is 22.7 Å². The molecule has 0 amide bonds. The van der Waals surface area contributed by atoms with Crippen LogP contribution in [-0.2, 0) is 6.18 Å². The second kappa shape index (κ2) is 5.30. The van der Waals surface area contributed by atoms with E-state index in [2.05, 4.69) is 0 Å². The van der Waals surface area contributed by atoms with Crippen molar-refractivity contribution < 1.29 is 23.1 Å². The van der Waals surface area contributed by atoms with Gasteiger partial charge in [-0.15, -0.1) is 0 Å². The summed E-state index contributed by atoms with van der Waals surface area (Å²) in [7, 11) is 0. The lowest BCUT2D eigenvalue weighted by molar-refractivity contribution is -0.137. The fourth-order valence-corrected chi connectivity index (χ4v) is 2.47. The summed E-state index contributed by atoms with van der Waals surface area (Å²) in [4.78, 5) is 11.0. The molecule has 0 aromatic heterocycles. The largest absolute Gasteiger partial charge is 0.478 e. The first-order valence-corrected chi connectivity index (χ1v) is 6.47. The summed E-state index contributed by atoms with van der Waals surface area (Å²) in [6, 6.07) is 2.64. The molecule has 0 saturated heterocycles. The SMILES string of the molecule is O=C(O)c1cc(C(=C(Cl)Cl)C2CC2)cc(C(F)(F)F)c1. The Morgan fingerprint density at radius 2 is 1.70 bits per heavy atom. The Bertz CT molecular complexity index is 586. The Kier molecular flexibility index (Phi) is 4.02. The third-order valence-corrected chi connectivity index (χ3v) is 3.41. The lowest BCUT2D eigenvalue weighted by atomic mass is 9.97. The minimum Gasteiger partial charge on any atom is -0.478 e. The van der Waals surface area contributed by atoms with Gasteiger partial charge in [-0.25, -0.2) is 4.79 Å². The molecule has 0 unspecified atom stereocenters. The summed E-state index contributed by atoms with van der Waals surface area (Å²) in [5.41, 5.74) is -0.982. The smallest absolute Gasteiger partial charge is 0.416 e. The molecule has 108 valence electrons. The molecule has 0 spiro atoms. The normalized spacial score (nSPS) is 15.1. The number of carboxylic acid groups (broad SMARTS) is 1. The molecule has 1 aliphatic rings. The topological polar surface area (TPSA) is 37.3 Å². The first-order chi connectivity index (χ1) is 9.20. The van der Waals surface area contributed by atoms with Crippen molar-refractivity contribution in [2.75, 3.05) is 0 Å². The molecule has 0 bridgehead atoms. The Morgan fingerprint density at radius 1 is 1.15 bits per heavy atom. The van der Waals surface area contributed by atoms with Crippen LogP contribution in [0.4, 0.5) is 13.2 Å². The second-order valence-corrected chi connectivity index (χ2v) is 5.50. The van der Waals surface area contributed by atoms with E-state index in [4.69, 9.17) is 28.3 Å². The van der Waals surface area contributed by atoms with Gasteiger partial charge in [-0.2, -0.15) is 13.2 Å². The van der Waals surface area contributed by atoms with Gasteiger partial charge < -0.3 is 5.11 Å². The van der Waals surface area contributed by atoms with Crippen molar-refractivity contribution in [2.45, 2.75) is 19.0 Å². The highest BCUT2D eigenvalue weighted by Crippen LogP contribution is 2.46. The van der Waals surface area contributed by atoms with Crippen LogP contribution >= 0.6 is 23.2 Å². The van der Waals surface area contributed by atoms with E-state index in [0.717, 1.165) is 25.0 Å². The molecular formula is C13H9Cl2F3O2. The van der Waals surface area contributed by atoms with Gasteiger partial charge in [-0.3, -0.25) is 0 Å². The van der Waals surface area contributed by atoms with Crippen LogP contribution in [0.3, 0.4) is 0 Å². The van der Waals surface area contributed by atoms with Crippen LogP contribution < -0.4 is 0 Å². The average molecular weight is 325 g/mol. The molecule has 1 fully saturated rings. The Hall–Kier alpha value is -1.20. The molecule has 2 rings (SSSR count). The average Bonchev–Trinajstić information content (AvgIpc) is 3.11. The second-order valence-electron chi connectivity index (χ2n) is 4.55. The molecule has 7 heteroatoms. The monoisotopic (exact) mass is 324 g/mol. The van der Waals surface area contributed by atoms with Gasteiger partial charge in [0, 0.05) is 0 Å². The van der Waals surface area contributed by atoms with Gasteiger partial charge in [0.15, 0.2) is 0 Å². The zero-order valence-electron chi connectivity index (χ0n) is 9.97. The molecule has 1 aromatic rings. The van der Waals surface area contributed by atoms with Crippen LogP contribution in [-0.4, -0.2) is 11.1 Å². The Balaban J connectivity index is 2.61. The molecule has 0 atom stereocenters. The lowest BCUT2D eigenvalue weighted by Crippen LogP contribution is -2.09. The predicted molar refractivity (Wildman–Crippen MR) is 69.8 cm³/mol. The van der Waals surface area contributed by atoms with E-state index in [1.807, 2.05) is 0 Å². The third-order valence-electron chi connectivity index (χ3n) is 3.01. The van der Waals surface area contributed by atoms with E-state index in [0.29, 0.717) is 11.6 Å². The maximum atomic E-state index is 12.8. The van der Waals surface area contributed by atoms with Crippen molar-refractivity contribution in [3.8, 4) is 0 Å². The number of rotatable bonds is 3. The van der Waals surface area contributed by atoms with Gasteiger partial charge in [-0.05, 0) is 48.1 Å². The quantitative estimate of drug-likeness (QED) is 0.853. The Labute approximate surface area is 122 Å².